The van der Waals surface area contributed by atoms with Crippen LogP contribution < -0.4 is 5.32 Å². The third-order valence-corrected chi connectivity index (χ3v) is 3.39. The van der Waals surface area contributed by atoms with Crippen molar-refractivity contribution < 1.29 is 4.92 Å². The SMILES string of the molecule is CCCCC(CC)CNc1cc([N+](=O)[O-])c(C)cn1. The molecule has 19 heavy (non-hydrogen) atoms. The lowest BCUT2D eigenvalue weighted by atomic mass is 9.99. The number of rotatable bonds is 8. The predicted octanol–water partition coefficient (Wildman–Crippen LogP) is 3.93. The minimum absolute atomic E-state index is 0.124. The Morgan fingerprint density at radius 2 is 2.21 bits per heavy atom. The second-order valence-corrected chi connectivity index (χ2v) is 4.91. The molecule has 1 heterocycles. The Hall–Kier alpha value is -1.65. The van der Waals surface area contributed by atoms with E-state index in [2.05, 4.69) is 24.1 Å². The molecule has 106 valence electrons. The van der Waals surface area contributed by atoms with Gasteiger partial charge in [-0.15, -0.1) is 0 Å². The lowest BCUT2D eigenvalue weighted by Crippen LogP contribution is -2.14. The Morgan fingerprint density at radius 3 is 2.79 bits per heavy atom. The van der Waals surface area contributed by atoms with Crippen molar-refractivity contribution in [3.63, 3.8) is 0 Å². The van der Waals surface area contributed by atoms with Crippen LogP contribution in [0.25, 0.3) is 0 Å². The first-order valence-electron chi connectivity index (χ1n) is 6.93. The van der Waals surface area contributed by atoms with Crippen molar-refractivity contribution in [2.45, 2.75) is 46.5 Å². The van der Waals surface area contributed by atoms with Crippen LogP contribution in [0.1, 0.15) is 45.1 Å². The van der Waals surface area contributed by atoms with Gasteiger partial charge in [-0.1, -0.05) is 33.1 Å². The molecule has 5 nitrogen and oxygen atoms in total. The molecule has 1 aromatic heterocycles. The summed E-state index contributed by atoms with van der Waals surface area (Å²) in [6.45, 7) is 6.88. The van der Waals surface area contributed by atoms with Gasteiger partial charge in [0, 0.05) is 18.3 Å². The van der Waals surface area contributed by atoms with Gasteiger partial charge in [0.1, 0.15) is 5.82 Å². The van der Waals surface area contributed by atoms with Crippen LogP contribution in [-0.4, -0.2) is 16.5 Å². The smallest absolute Gasteiger partial charge is 0.277 e. The number of nitrogens with one attached hydrogen (secondary N) is 1. The van der Waals surface area contributed by atoms with E-state index in [4.69, 9.17) is 0 Å². The zero-order chi connectivity index (χ0) is 14.3. The summed E-state index contributed by atoms with van der Waals surface area (Å²) in [5, 5.41) is 14.1. The largest absolute Gasteiger partial charge is 0.370 e. The molecular weight excluding hydrogens is 242 g/mol. The molecule has 0 aromatic carbocycles. The number of pyridine rings is 1. The molecule has 0 aliphatic rings. The normalized spacial score (nSPS) is 12.2. The van der Waals surface area contributed by atoms with E-state index in [9.17, 15) is 10.1 Å². The van der Waals surface area contributed by atoms with Crippen molar-refractivity contribution >= 4 is 11.5 Å². The summed E-state index contributed by atoms with van der Waals surface area (Å²) in [6.07, 6.45) is 6.27. The van der Waals surface area contributed by atoms with Gasteiger partial charge in [0.15, 0.2) is 0 Å². The summed E-state index contributed by atoms with van der Waals surface area (Å²) in [5.41, 5.74) is 0.715. The fourth-order valence-corrected chi connectivity index (χ4v) is 2.00. The second kappa shape index (κ2) is 7.71. The van der Waals surface area contributed by atoms with Crippen molar-refractivity contribution in [3.05, 3.63) is 27.9 Å². The van der Waals surface area contributed by atoms with Crippen LogP contribution in [0.3, 0.4) is 0 Å². The molecule has 0 amide bonds. The molecule has 0 bridgehead atoms. The van der Waals surface area contributed by atoms with Gasteiger partial charge in [0.2, 0.25) is 0 Å². The van der Waals surface area contributed by atoms with Crippen LogP contribution in [-0.2, 0) is 0 Å². The highest BCUT2D eigenvalue weighted by Gasteiger charge is 2.13. The molecular formula is C14H23N3O2. The van der Waals surface area contributed by atoms with Crippen LogP contribution >= 0.6 is 0 Å². The first kappa shape index (κ1) is 15.4. The minimum Gasteiger partial charge on any atom is -0.370 e. The molecule has 0 spiro atoms. The zero-order valence-electron chi connectivity index (χ0n) is 12.0. The summed E-state index contributed by atoms with van der Waals surface area (Å²) < 4.78 is 0. The van der Waals surface area contributed by atoms with Gasteiger partial charge in [-0.25, -0.2) is 4.98 Å². The van der Waals surface area contributed by atoms with Crippen molar-refractivity contribution in [3.8, 4) is 0 Å². The van der Waals surface area contributed by atoms with Gasteiger partial charge >= 0.3 is 0 Å². The molecule has 1 unspecified atom stereocenters. The van der Waals surface area contributed by atoms with Crippen LogP contribution in [0.5, 0.6) is 0 Å². The Morgan fingerprint density at radius 1 is 1.47 bits per heavy atom. The number of nitrogens with zero attached hydrogens (tertiary/aromatic N) is 2. The number of aromatic nitrogens is 1. The summed E-state index contributed by atoms with van der Waals surface area (Å²) >= 11 is 0. The van der Waals surface area contributed by atoms with E-state index in [1.54, 1.807) is 13.1 Å². The van der Waals surface area contributed by atoms with Gasteiger partial charge in [-0.3, -0.25) is 10.1 Å². The maximum absolute atomic E-state index is 10.9. The Labute approximate surface area is 114 Å². The maximum atomic E-state index is 10.9. The van der Waals surface area contributed by atoms with Gasteiger partial charge in [0.25, 0.3) is 5.69 Å². The van der Waals surface area contributed by atoms with Gasteiger partial charge in [0.05, 0.1) is 11.0 Å². The summed E-state index contributed by atoms with van der Waals surface area (Å²) in [6, 6.07) is 1.52. The Balaban J connectivity index is 2.61. The average Bonchev–Trinajstić information content (AvgIpc) is 2.40. The van der Waals surface area contributed by atoms with E-state index < -0.39 is 0 Å². The van der Waals surface area contributed by atoms with Crippen molar-refractivity contribution in [1.29, 1.82) is 0 Å². The molecule has 1 N–H and O–H groups in total. The van der Waals surface area contributed by atoms with Crippen molar-refractivity contribution in [1.82, 2.24) is 4.98 Å². The topological polar surface area (TPSA) is 68.1 Å². The Kier molecular flexibility index (Phi) is 6.25. The Bertz CT molecular complexity index is 421. The molecule has 0 saturated carbocycles. The lowest BCUT2D eigenvalue weighted by molar-refractivity contribution is -0.385. The molecule has 0 radical (unpaired) electrons. The third kappa shape index (κ3) is 4.85. The first-order valence-corrected chi connectivity index (χ1v) is 6.93. The number of unbranched alkanes of at least 4 members (excludes halogenated alkanes) is 1. The average molecular weight is 265 g/mol. The van der Waals surface area contributed by atoms with E-state index in [0.717, 1.165) is 13.0 Å². The number of nitro groups is 1. The molecule has 1 atom stereocenters. The molecule has 0 aliphatic heterocycles. The standard InChI is InChI=1S/C14H23N3O2/c1-4-6-7-12(5-2)10-16-14-8-13(17(18)19)11(3)9-15-14/h8-9,12H,4-7,10H2,1-3H3,(H,15,16). The summed E-state index contributed by atoms with van der Waals surface area (Å²) in [5.74, 6) is 1.19. The molecule has 5 heteroatoms. The number of hydrogen-bond donors (Lipinski definition) is 1. The van der Waals surface area contributed by atoms with E-state index in [0.29, 0.717) is 17.3 Å². The van der Waals surface area contributed by atoms with Crippen molar-refractivity contribution in [2.24, 2.45) is 5.92 Å². The molecule has 0 fully saturated rings. The van der Waals surface area contributed by atoms with Gasteiger partial charge < -0.3 is 5.32 Å². The highest BCUT2D eigenvalue weighted by molar-refractivity contribution is 5.48. The molecule has 0 saturated heterocycles. The van der Waals surface area contributed by atoms with Crippen LogP contribution in [0.15, 0.2) is 12.3 Å². The van der Waals surface area contributed by atoms with Crippen LogP contribution in [0.2, 0.25) is 0 Å². The fourth-order valence-electron chi connectivity index (χ4n) is 2.00. The second-order valence-electron chi connectivity index (χ2n) is 4.91. The van der Waals surface area contributed by atoms with E-state index in [1.165, 1.54) is 25.3 Å². The highest BCUT2D eigenvalue weighted by atomic mass is 16.6. The zero-order valence-corrected chi connectivity index (χ0v) is 12.0. The van der Waals surface area contributed by atoms with Crippen LogP contribution in [0.4, 0.5) is 11.5 Å². The molecule has 0 aliphatic carbocycles. The summed E-state index contributed by atoms with van der Waals surface area (Å²) in [4.78, 5) is 14.7. The van der Waals surface area contributed by atoms with E-state index >= 15 is 0 Å². The third-order valence-electron chi connectivity index (χ3n) is 3.39. The lowest BCUT2D eigenvalue weighted by Gasteiger charge is -2.15. The monoisotopic (exact) mass is 265 g/mol. The van der Waals surface area contributed by atoms with Gasteiger partial charge in [-0.05, 0) is 19.3 Å². The summed E-state index contributed by atoms with van der Waals surface area (Å²) in [7, 11) is 0. The number of anilines is 1. The predicted molar refractivity (Wildman–Crippen MR) is 77.4 cm³/mol. The number of hydrogen-bond acceptors (Lipinski definition) is 4. The van der Waals surface area contributed by atoms with Crippen molar-refractivity contribution in [2.75, 3.05) is 11.9 Å². The number of aryl methyl sites for hydroxylation is 1. The van der Waals surface area contributed by atoms with Crippen LogP contribution in [0, 0.1) is 23.0 Å². The molecule has 1 aromatic rings. The van der Waals surface area contributed by atoms with E-state index in [-0.39, 0.29) is 10.6 Å². The minimum atomic E-state index is -0.365. The maximum Gasteiger partial charge on any atom is 0.277 e. The highest BCUT2D eigenvalue weighted by Crippen LogP contribution is 2.20. The fraction of sp³-hybridized carbons (Fsp3) is 0.643. The first-order chi connectivity index (χ1) is 9.08. The van der Waals surface area contributed by atoms with Gasteiger partial charge in [-0.2, -0.15) is 0 Å². The van der Waals surface area contributed by atoms with E-state index in [1.807, 2.05) is 0 Å². The quantitative estimate of drug-likeness (QED) is 0.571. The molecule has 1 rings (SSSR count).